The second-order valence-corrected chi connectivity index (χ2v) is 9.77. The maximum absolute atomic E-state index is 11.8. The van der Waals surface area contributed by atoms with E-state index < -0.39 is 60.3 Å². The minimum Gasteiger partial charge on any atom is -0.756 e. The van der Waals surface area contributed by atoms with Crippen LogP contribution in [0.5, 0.6) is 0 Å². The van der Waals surface area contributed by atoms with Crippen molar-refractivity contribution in [2.75, 3.05) is 12.3 Å². The number of hydrogen-bond donors (Lipinski definition) is 5. The van der Waals surface area contributed by atoms with Gasteiger partial charge in [0.2, 0.25) is 0 Å². The molecule has 0 aliphatic carbocycles. The van der Waals surface area contributed by atoms with Crippen molar-refractivity contribution < 1.29 is 126 Å². The Kier molecular flexibility index (Phi) is 14.6. The Morgan fingerprint density at radius 3 is 2.22 bits per heavy atom. The first-order chi connectivity index (χ1) is 13.1. The van der Waals surface area contributed by atoms with Gasteiger partial charge < -0.3 is 50.3 Å². The number of phosphoric acid groups is 3. The monoisotopic (exact) mass is 545 g/mol. The molecule has 7 atom stereocenters. The molecule has 1 saturated heterocycles. The zero-order valence-electron chi connectivity index (χ0n) is 16.4. The Balaban J connectivity index is 0. The van der Waals surface area contributed by atoms with Crippen LogP contribution in [0.2, 0.25) is 0 Å². The zero-order chi connectivity index (χ0) is 22.2. The fourth-order valence-electron chi connectivity index (χ4n) is 2.18. The minimum atomic E-state index is -5.84. The van der Waals surface area contributed by atoms with E-state index in [1.165, 1.54) is 6.07 Å². The zero-order valence-corrected chi connectivity index (χ0v) is 23.0. The van der Waals surface area contributed by atoms with Crippen LogP contribution in [0.25, 0.3) is 0 Å². The van der Waals surface area contributed by atoms with Gasteiger partial charge in [-0.1, -0.05) is 0 Å². The number of aromatic nitrogens is 2. The average molecular weight is 545 g/mol. The van der Waals surface area contributed by atoms with Gasteiger partial charge in [-0.15, -0.1) is 0 Å². The largest absolute Gasteiger partial charge is 1.00 e. The Hall–Kier alpha value is 0.930. The van der Waals surface area contributed by atoms with Crippen LogP contribution in [0.1, 0.15) is 6.23 Å². The summed E-state index contributed by atoms with van der Waals surface area (Å²) in [6.45, 7) is -1.10. The minimum absolute atomic E-state index is 0. The fourth-order valence-corrected chi connectivity index (χ4v) is 5.14. The van der Waals surface area contributed by atoms with E-state index in [-0.39, 0.29) is 70.4 Å². The Morgan fingerprint density at radius 2 is 1.72 bits per heavy atom. The molecule has 0 saturated carbocycles. The molecule has 2 heterocycles. The topological polar surface area (TPSA) is 308 Å². The summed E-state index contributed by atoms with van der Waals surface area (Å²) in [4.78, 5) is 54.4. The number of aliphatic hydroxyl groups is 2. The second-order valence-electron chi connectivity index (χ2n) is 5.43. The molecule has 23 heteroatoms. The molecule has 0 bridgehead atoms. The number of nitrogens with two attached hydrogens (primary N) is 1. The van der Waals surface area contributed by atoms with E-state index in [9.17, 15) is 38.5 Å². The second kappa shape index (κ2) is 13.3. The molecule has 8 N–H and O–H groups in total. The summed E-state index contributed by atoms with van der Waals surface area (Å²) in [6, 6.07) is 1.18. The average Bonchev–Trinajstić information content (AvgIpc) is 2.78. The van der Waals surface area contributed by atoms with E-state index in [2.05, 4.69) is 18.1 Å². The number of hydrogen-bond acceptors (Lipinski definition) is 14. The van der Waals surface area contributed by atoms with Crippen LogP contribution >= 0.6 is 23.5 Å². The third-order valence-electron chi connectivity index (χ3n) is 3.27. The van der Waals surface area contributed by atoms with Gasteiger partial charge >= 0.3 is 72.6 Å². The molecule has 18 nitrogen and oxygen atoms in total. The molecule has 1 aromatic rings. The van der Waals surface area contributed by atoms with Crippen molar-refractivity contribution in [2.24, 2.45) is 0 Å². The van der Waals surface area contributed by atoms with Crippen LogP contribution in [0, 0.1) is 0 Å². The molecule has 174 valence electrons. The van der Waals surface area contributed by atoms with Crippen molar-refractivity contribution in [3.8, 4) is 0 Å². The summed E-state index contributed by atoms with van der Waals surface area (Å²) in [5.74, 6) is -0.134. The molecule has 1 aromatic heterocycles. The molecular weight excluding hydrogens is 529 g/mol. The first-order valence-corrected chi connectivity index (χ1v) is 11.7. The maximum Gasteiger partial charge on any atom is 1.00 e. The SMILES string of the molecule is Nc1ccn(C2OC(COP(=O)([O-])OP(=O)(O)OP(=O)([O-])O)C(O)C2O)c(=O)n1.O.[Na+].[Na+]. The van der Waals surface area contributed by atoms with Gasteiger partial charge in [-0.05, 0) is 6.07 Å². The molecule has 2 rings (SSSR count). The maximum atomic E-state index is 11.8. The Bertz CT molecular complexity index is 958. The standard InChI is InChI=1S/C9H16N3O14P3.2Na.H2O/c10-5-1-2-12(9(15)11-5)8-7(14)6(13)4(24-8)3-23-28(19,20)26-29(21,22)25-27(16,17)18;;;/h1-2,4,6-8,13-14H,3H2,(H,19,20)(H,21,22)(H2,10,11,15)(H2,16,17,18);;;1H2/q;2*+1;/p-2. The molecule has 0 aromatic carbocycles. The number of anilines is 1. The number of aliphatic hydroxyl groups excluding tert-OH is 2. The molecule has 1 aliphatic heterocycles. The third kappa shape index (κ3) is 10.3. The van der Waals surface area contributed by atoms with E-state index in [1.807, 2.05) is 0 Å². The third-order valence-corrected chi connectivity index (χ3v) is 7.01. The summed E-state index contributed by atoms with van der Waals surface area (Å²) in [5, 5.41) is 19.9. The van der Waals surface area contributed by atoms with Crippen LogP contribution in [0.15, 0.2) is 17.1 Å². The van der Waals surface area contributed by atoms with E-state index in [0.29, 0.717) is 0 Å². The summed E-state index contributed by atoms with van der Waals surface area (Å²) in [5.41, 5.74) is 4.36. The van der Waals surface area contributed by atoms with Crippen molar-refractivity contribution in [3.05, 3.63) is 22.7 Å². The normalized spacial score (nSPS) is 28.1. The van der Waals surface area contributed by atoms with E-state index in [0.717, 1.165) is 10.8 Å². The Labute approximate surface area is 223 Å². The molecular formula is C9H16N3Na2O15P3. The van der Waals surface area contributed by atoms with Crippen molar-refractivity contribution in [3.63, 3.8) is 0 Å². The predicted molar refractivity (Wildman–Crippen MR) is 87.8 cm³/mol. The van der Waals surface area contributed by atoms with Crippen LogP contribution < -0.4 is 80.3 Å². The van der Waals surface area contributed by atoms with E-state index in [1.54, 1.807) is 0 Å². The van der Waals surface area contributed by atoms with Crippen LogP contribution in [0.3, 0.4) is 0 Å². The first kappa shape index (κ1) is 35.1. The summed E-state index contributed by atoms with van der Waals surface area (Å²) < 4.78 is 49.9. The smallest absolute Gasteiger partial charge is 0.756 e. The van der Waals surface area contributed by atoms with E-state index in [4.69, 9.17) is 20.3 Å². The number of nitrogens with zero attached hydrogens (tertiary/aromatic N) is 2. The number of ether oxygens (including phenoxy) is 1. The summed E-state index contributed by atoms with van der Waals surface area (Å²) >= 11 is 0. The summed E-state index contributed by atoms with van der Waals surface area (Å²) in [7, 11) is -17.4. The molecule has 1 aliphatic rings. The molecule has 0 amide bonds. The molecule has 32 heavy (non-hydrogen) atoms. The van der Waals surface area contributed by atoms with Crippen molar-refractivity contribution >= 4 is 29.3 Å². The first-order valence-electron chi connectivity index (χ1n) is 7.21. The molecule has 0 spiro atoms. The van der Waals surface area contributed by atoms with Gasteiger partial charge in [-0.3, -0.25) is 13.7 Å². The van der Waals surface area contributed by atoms with Gasteiger partial charge in [-0.2, -0.15) is 4.98 Å². The quantitative estimate of drug-likeness (QED) is 0.150. The molecule has 7 unspecified atom stereocenters. The van der Waals surface area contributed by atoms with E-state index >= 15 is 0 Å². The number of nitrogen functional groups attached to an aromatic ring is 1. The van der Waals surface area contributed by atoms with Crippen LogP contribution in [0.4, 0.5) is 5.82 Å². The van der Waals surface area contributed by atoms with Crippen LogP contribution in [-0.4, -0.2) is 59.9 Å². The van der Waals surface area contributed by atoms with Crippen molar-refractivity contribution in [2.45, 2.75) is 24.5 Å². The molecule has 0 radical (unpaired) electrons. The summed E-state index contributed by atoms with van der Waals surface area (Å²) in [6.07, 6.45) is -5.55. The van der Waals surface area contributed by atoms with Gasteiger partial charge in [0, 0.05) is 6.20 Å². The van der Waals surface area contributed by atoms with Gasteiger partial charge in [0.05, 0.1) is 6.61 Å². The van der Waals surface area contributed by atoms with Gasteiger partial charge in [0.1, 0.15) is 24.1 Å². The van der Waals surface area contributed by atoms with Gasteiger partial charge in [0.25, 0.3) is 15.6 Å². The number of phosphoric ester groups is 1. The molecule has 1 fully saturated rings. The van der Waals surface area contributed by atoms with Crippen molar-refractivity contribution in [1.82, 2.24) is 9.55 Å². The predicted octanol–water partition coefficient (Wildman–Crippen LogP) is -10.3. The van der Waals surface area contributed by atoms with Crippen LogP contribution in [-0.2, 0) is 31.6 Å². The van der Waals surface area contributed by atoms with Gasteiger partial charge in [0.15, 0.2) is 6.23 Å². The fraction of sp³-hybridized carbons (Fsp3) is 0.556. The van der Waals surface area contributed by atoms with Crippen molar-refractivity contribution in [1.29, 1.82) is 0 Å². The van der Waals surface area contributed by atoms with Gasteiger partial charge in [-0.25, -0.2) is 18.0 Å². The Morgan fingerprint density at radius 1 is 1.16 bits per heavy atom. The number of rotatable bonds is 8.